The second-order valence-corrected chi connectivity index (χ2v) is 5.82. The van der Waals surface area contributed by atoms with Crippen molar-refractivity contribution in [1.29, 1.82) is 0 Å². The van der Waals surface area contributed by atoms with Gasteiger partial charge in [0.25, 0.3) is 0 Å². The van der Waals surface area contributed by atoms with Crippen LogP contribution in [0.2, 0.25) is 0 Å². The van der Waals surface area contributed by atoms with Gasteiger partial charge in [-0.1, -0.05) is 18.2 Å². The van der Waals surface area contributed by atoms with Gasteiger partial charge in [-0.25, -0.2) is 9.48 Å². The SMILES string of the molecule is COc1ccc([C@@H](O)CNC(=O)Nc2ccnn2Cc2ccccn2)cc1. The first kappa shape index (κ1) is 18.4. The van der Waals surface area contributed by atoms with Gasteiger partial charge in [-0.15, -0.1) is 0 Å². The molecule has 8 nitrogen and oxygen atoms in total. The van der Waals surface area contributed by atoms with Crippen LogP contribution in [0.3, 0.4) is 0 Å². The highest BCUT2D eigenvalue weighted by Crippen LogP contribution is 2.17. The molecule has 0 saturated carbocycles. The second-order valence-electron chi connectivity index (χ2n) is 5.82. The number of benzene rings is 1. The summed E-state index contributed by atoms with van der Waals surface area (Å²) in [5, 5.41) is 19.8. The molecule has 1 aromatic carbocycles. The minimum atomic E-state index is -0.819. The average Bonchev–Trinajstić information content (AvgIpc) is 3.13. The molecule has 2 aromatic heterocycles. The Hall–Kier alpha value is -3.39. The van der Waals surface area contributed by atoms with Crippen molar-refractivity contribution >= 4 is 11.8 Å². The van der Waals surface area contributed by atoms with Crippen molar-refractivity contribution in [1.82, 2.24) is 20.1 Å². The Morgan fingerprint density at radius 2 is 2.00 bits per heavy atom. The van der Waals surface area contributed by atoms with E-state index in [0.717, 1.165) is 5.69 Å². The van der Waals surface area contributed by atoms with Gasteiger partial charge in [0.15, 0.2) is 0 Å². The third-order valence-corrected chi connectivity index (χ3v) is 3.95. The number of aliphatic hydroxyl groups excluding tert-OH is 1. The predicted octanol–water partition coefficient (Wildman–Crippen LogP) is 2.19. The third-order valence-electron chi connectivity index (χ3n) is 3.95. The average molecular weight is 367 g/mol. The van der Waals surface area contributed by atoms with Crippen molar-refractivity contribution in [2.45, 2.75) is 12.6 Å². The van der Waals surface area contributed by atoms with Gasteiger partial charge in [0.2, 0.25) is 0 Å². The molecular weight excluding hydrogens is 346 g/mol. The Labute approximate surface area is 156 Å². The van der Waals surface area contributed by atoms with Gasteiger partial charge in [0.05, 0.1) is 31.6 Å². The summed E-state index contributed by atoms with van der Waals surface area (Å²) in [6.45, 7) is 0.518. The van der Waals surface area contributed by atoms with Crippen LogP contribution in [0.5, 0.6) is 5.75 Å². The standard InChI is InChI=1S/C19H21N5O3/c1-27-16-7-5-14(6-8-16)17(25)12-21-19(26)23-18-9-11-22-24(18)13-15-4-2-3-10-20-15/h2-11,17,25H,12-13H2,1H3,(H2,21,23,26)/t17-/m0/s1. The maximum absolute atomic E-state index is 12.1. The lowest BCUT2D eigenvalue weighted by Gasteiger charge is -2.14. The summed E-state index contributed by atoms with van der Waals surface area (Å²) in [7, 11) is 1.58. The number of carbonyl (C=O) groups excluding carboxylic acids is 1. The van der Waals surface area contributed by atoms with Crippen LogP contribution in [-0.2, 0) is 6.54 Å². The minimum Gasteiger partial charge on any atom is -0.497 e. The van der Waals surface area contributed by atoms with Gasteiger partial charge in [-0.05, 0) is 29.8 Å². The summed E-state index contributed by atoms with van der Waals surface area (Å²) in [6, 6.07) is 13.9. The molecule has 3 aromatic rings. The zero-order valence-electron chi connectivity index (χ0n) is 14.9. The summed E-state index contributed by atoms with van der Waals surface area (Å²) >= 11 is 0. The van der Waals surface area contributed by atoms with E-state index >= 15 is 0 Å². The third kappa shape index (κ3) is 5.05. The molecular formula is C19H21N5O3. The fourth-order valence-electron chi connectivity index (χ4n) is 2.50. The van der Waals surface area contributed by atoms with Crippen LogP contribution in [-0.4, -0.2) is 39.6 Å². The lowest BCUT2D eigenvalue weighted by molar-refractivity contribution is 0.175. The van der Waals surface area contributed by atoms with Crippen LogP contribution in [0.1, 0.15) is 17.4 Å². The molecule has 0 radical (unpaired) electrons. The molecule has 3 N–H and O–H groups in total. The molecule has 2 amide bonds. The van der Waals surface area contributed by atoms with Crippen LogP contribution >= 0.6 is 0 Å². The zero-order valence-corrected chi connectivity index (χ0v) is 14.9. The lowest BCUT2D eigenvalue weighted by atomic mass is 10.1. The summed E-state index contributed by atoms with van der Waals surface area (Å²) in [5.74, 6) is 1.25. The van der Waals surface area contributed by atoms with E-state index in [4.69, 9.17) is 4.74 Å². The van der Waals surface area contributed by atoms with Crippen LogP contribution in [0.25, 0.3) is 0 Å². The Morgan fingerprint density at radius 1 is 1.19 bits per heavy atom. The molecule has 1 atom stereocenters. The van der Waals surface area contributed by atoms with Gasteiger partial charge in [-0.3, -0.25) is 10.3 Å². The highest BCUT2D eigenvalue weighted by Gasteiger charge is 2.12. The van der Waals surface area contributed by atoms with Gasteiger partial charge >= 0.3 is 6.03 Å². The number of anilines is 1. The topological polar surface area (TPSA) is 101 Å². The maximum atomic E-state index is 12.1. The number of pyridine rings is 1. The van der Waals surface area contributed by atoms with Gasteiger partial charge in [0, 0.05) is 18.8 Å². The van der Waals surface area contributed by atoms with Crippen molar-refractivity contribution in [2.24, 2.45) is 0 Å². The summed E-state index contributed by atoms with van der Waals surface area (Å²) in [5.41, 5.74) is 1.52. The van der Waals surface area contributed by atoms with E-state index in [1.807, 2.05) is 18.2 Å². The Kier molecular flexibility index (Phi) is 6.01. The summed E-state index contributed by atoms with van der Waals surface area (Å²) < 4.78 is 6.73. The van der Waals surface area contributed by atoms with Gasteiger partial charge in [0.1, 0.15) is 11.6 Å². The monoisotopic (exact) mass is 367 g/mol. The number of ether oxygens (including phenoxy) is 1. The number of urea groups is 1. The number of amides is 2. The second kappa shape index (κ2) is 8.81. The normalized spacial score (nSPS) is 11.6. The summed E-state index contributed by atoms with van der Waals surface area (Å²) in [4.78, 5) is 16.4. The first-order chi connectivity index (χ1) is 13.2. The molecule has 0 spiro atoms. The number of nitrogens with one attached hydrogen (secondary N) is 2. The first-order valence-electron chi connectivity index (χ1n) is 8.44. The quantitative estimate of drug-likeness (QED) is 0.594. The molecule has 27 heavy (non-hydrogen) atoms. The molecule has 0 unspecified atom stereocenters. The summed E-state index contributed by atoms with van der Waals surface area (Å²) in [6.07, 6.45) is 2.49. The Bertz CT molecular complexity index is 865. The molecule has 0 bridgehead atoms. The van der Waals surface area contributed by atoms with E-state index in [-0.39, 0.29) is 6.54 Å². The van der Waals surface area contributed by atoms with Crippen molar-refractivity contribution < 1.29 is 14.6 Å². The first-order valence-corrected chi connectivity index (χ1v) is 8.44. The van der Waals surface area contributed by atoms with Crippen molar-refractivity contribution in [3.05, 3.63) is 72.2 Å². The number of carbonyl (C=O) groups is 1. The van der Waals surface area contributed by atoms with E-state index < -0.39 is 12.1 Å². The highest BCUT2D eigenvalue weighted by atomic mass is 16.5. The molecule has 3 rings (SSSR count). The van der Waals surface area contributed by atoms with Crippen LogP contribution in [0.4, 0.5) is 10.6 Å². The van der Waals surface area contributed by atoms with Crippen molar-refractivity contribution in [2.75, 3.05) is 19.0 Å². The number of nitrogens with zero attached hydrogens (tertiary/aromatic N) is 3. The lowest BCUT2D eigenvalue weighted by Crippen LogP contribution is -2.33. The fourth-order valence-corrected chi connectivity index (χ4v) is 2.50. The minimum absolute atomic E-state index is 0.0759. The molecule has 2 heterocycles. The van der Waals surface area contributed by atoms with E-state index in [9.17, 15) is 9.90 Å². The Balaban J connectivity index is 1.53. The van der Waals surface area contributed by atoms with E-state index in [1.165, 1.54) is 0 Å². The van der Waals surface area contributed by atoms with E-state index in [1.54, 1.807) is 54.5 Å². The number of methoxy groups -OCH3 is 1. The molecule has 0 fully saturated rings. The number of hydrogen-bond donors (Lipinski definition) is 3. The van der Waals surface area contributed by atoms with Gasteiger partial charge < -0.3 is 15.2 Å². The van der Waals surface area contributed by atoms with Crippen LogP contribution in [0, 0.1) is 0 Å². The predicted molar refractivity (Wildman–Crippen MR) is 101 cm³/mol. The zero-order chi connectivity index (χ0) is 19.1. The molecule has 8 heteroatoms. The van der Waals surface area contributed by atoms with Crippen LogP contribution in [0.15, 0.2) is 60.9 Å². The molecule has 0 saturated heterocycles. The largest absolute Gasteiger partial charge is 0.497 e. The number of hydrogen-bond acceptors (Lipinski definition) is 5. The Morgan fingerprint density at radius 3 is 2.70 bits per heavy atom. The fraction of sp³-hybridized carbons (Fsp3) is 0.211. The number of aliphatic hydroxyl groups is 1. The molecule has 0 aliphatic heterocycles. The number of rotatable bonds is 7. The van der Waals surface area contributed by atoms with Gasteiger partial charge in [-0.2, -0.15) is 5.10 Å². The van der Waals surface area contributed by atoms with Crippen molar-refractivity contribution in [3.63, 3.8) is 0 Å². The molecule has 0 aliphatic carbocycles. The number of aromatic nitrogens is 3. The molecule has 0 aliphatic rings. The van der Waals surface area contributed by atoms with Crippen molar-refractivity contribution in [3.8, 4) is 5.75 Å². The highest BCUT2D eigenvalue weighted by molar-refractivity contribution is 5.88. The van der Waals surface area contributed by atoms with E-state index in [2.05, 4.69) is 20.7 Å². The molecule has 140 valence electrons. The maximum Gasteiger partial charge on any atom is 0.320 e. The van der Waals surface area contributed by atoms with E-state index in [0.29, 0.717) is 23.7 Å². The van der Waals surface area contributed by atoms with Crippen LogP contribution < -0.4 is 15.4 Å². The smallest absolute Gasteiger partial charge is 0.320 e.